The van der Waals surface area contributed by atoms with Gasteiger partial charge in [0.15, 0.2) is 0 Å². The third kappa shape index (κ3) is 7.07. The molecule has 5 nitrogen and oxygen atoms in total. The molecule has 0 aliphatic rings. The van der Waals surface area contributed by atoms with Crippen LogP contribution in [0, 0.1) is 10.1 Å². The fraction of sp³-hybridized carbons (Fsp3) is 0.667. The topological polar surface area (TPSA) is 65.3 Å². The molecule has 0 aliphatic heterocycles. The minimum atomic E-state index is -0.463. The molecule has 0 atom stereocenters. The quantitative estimate of drug-likeness (QED) is 0.340. The molecule has 0 unspecified atom stereocenters. The van der Waals surface area contributed by atoms with Crippen molar-refractivity contribution in [3.05, 3.63) is 28.4 Å². The zero-order chi connectivity index (χ0) is 14.6. The van der Waals surface area contributed by atoms with Gasteiger partial charge in [0.1, 0.15) is 6.20 Å². The summed E-state index contributed by atoms with van der Waals surface area (Å²) in [7, 11) is 0. The van der Waals surface area contributed by atoms with Gasteiger partial charge in [-0.1, -0.05) is 51.9 Å². The van der Waals surface area contributed by atoms with Gasteiger partial charge in [-0.05, 0) is 6.42 Å². The molecule has 0 saturated carbocycles. The lowest BCUT2D eigenvalue weighted by molar-refractivity contribution is -0.385. The van der Waals surface area contributed by atoms with Crippen LogP contribution >= 0.6 is 0 Å². The molecule has 112 valence electrons. The number of rotatable bonds is 11. The van der Waals surface area contributed by atoms with Gasteiger partial charge in [-0.15, -0.1) is 0 Å². The molecule has 0 spiro atoms. The number of hydrogen-bond acceptors (Lipinski definition) is 4. The second kappa shape index (κ2) is 10.2. The van der Waals surface area contributed by atoms with Crippen molar-refractivity contribution < 1.29 is 9.66 Å². The van der Waals surface area contributed by atoms with E-state index in [1.54, 1.807) is 6.07 Å². The summed E-state index contributed by atoms with van der Waals surface area (Å²) in [5.41, 5.74) is -0.00979. The zero-order valence-corrected chi connectivity index (χ0v) is 12.2. The molecule has 0 fully saturated rings. The molecule has 1 heterocycles. The van der Waals surface area contributed by atoms with Gasteiger partial charge in [-0.3, -0.25) is 10.1 Å². The highest BCUT2D eigenvalue weighted by Crippen LogP contribution is 2.14. The molecule has 5 heteroatoms. The molecular weight excluding hydrogens is 256 g/mol. The second-order valence-electron chi connectivity index (χ2n) is 4.94. The van der Waals surface area contributed by atoms with Crippen molar-refractivity contribution in [1.82, 2.24) is 4.98 Å². The average molecular weight is 280 g/mol. The van der Waals surface area contributed by atoms with Crippen LogP contribution in [0.25, 0.3) is 0 Å². The molecule has 1 rings (SSSR count). The lowest BCUT2D eigenvalue weighted by Gasteiger charge is -2.04. The Morgan fingerprint density at radius 3 is 2.30 bits per heavy atom. The van der Waals surface area contributed by atoms with Crippen molar-refractivity contribution >= 4 is 5.69 Å². The van der Waals surface area contributed by atoms with Gasteiger partial charge in [0.25, 0.3) is 5.69 Å². The summed E-state index contributed by atoms with van der Waals surface area (Å²) in [6.07, 6.45) is 11.3. The minimum Gasteiger partial charge on any atom is -0.478 e. The molecule has 0 aromatic carbocycles. The molecular formula is C15H24N2O3. The molecule has 1 aromatic rings. The maximum Gasteiger partial charge on any atom is 0.287 e. The first-order valence-electron chi connectivity index (χ1n) is 7.47. The monoisotopic (exact) mass is 280 g/mol. The van der Waals surface area contributed by atoms with E-state index in [4.69, 9.17) is 4.74 Å². The summed E-state index contributed by atoms with van der Waals surface area (Å²) in [5.74, 6) is 0.457. The van der Waals surface area contributed by atoms with Gasteiger partial charge in [-0.2, -0.15) is 0 Å². The SMILES string of the molecule is CCCCCCCCCCOc1ccc([N+](=O)[O-])cn1. The number of ether oxygens (including phenoxy) is 1. The number of hydrogen-bond donors (Lipinski definition) is 0. The highest BCUT2D eigenvalue weighted by atomic mass is 16.6. The first-order chi connectivity index (χ1) is 9.74. The second-order valence-corrected chi connectivity index (χ2v) is 4.94. The number of aromatic nitrogens is 1. The number of nitro groups is 1. The molecule has 0 saturated heterocycles. The molecule has 0 bridgehead atoms. The van der Waals surface area contributed by atoms with E-state index < -0.39 is 4.92 Å². The molecule has 20 heavy (non-hydrogen) atoms. The van der Waals surface area contributed by atoms with Gasteiger partial charge in [0, 0.05) is 12.1 Å². The van der Waals surface area contributed by atoms with Crippen molar-refractivity contribution in [3.8, 4) is 5.88 Å². The third-order valence-corrected chi connectivity index (χ3v) is 3.18. The Morgan fingerprint density at radius 2 is 1.75 bits per heavy atom. The first kappa shape index (κ1) is 16.4. The lowest BCUT2D eigenvalue weighted by Crippen LogP contribution is -1.99. The van der Waals surface area contributed by atoms with E-state index in [0.717, 1.165) is 6.42 Å². The highest BCUT2D eigenvalue weighted by molar-refractivity contribution is 5.28. The van der Waals surface area contributed by atoms with E-state index in [1.165, 1.54) is 57.2 Å². The highest BCUT2D eigenvalue weighted by Gasteiger charge is 2.05. The Bertz CT molecular complexity index is 379. The lowest BCUT2D eigenvalue weighted by atomic mass is 10.1. The Hall–Kier alpha value is -1.65. The fourth-order valence-corrected chi connectivity index (χ4v) is 1.98. The predicted molar refractivity (Wildman–Crippen MR) is 79.0 cm³/mol. The Labute approximate surface area is 120 Å². The van der Waals surface area contributed by atoms with E-state index in [1.807, 2.05) is 0 Å². The van der Waals surface area contributed by atoms with Gasteiger partial charge < -0.3 is 4.74 Å². The molecule has 0 aliphatic carbocycles. The predicted octanol–water partition coefficient (Wildman–Crippen LogP) is 4.51. The van der Waals surface area contributed by atoms with Gasteiger partial charge in [0.05, 0.1) is 11.5 Å². The first-order valence-corrected chi connectivity index (χ1v) is 7.47. The van der Waals surface area contributed by atoms with Crippen LogP contribution in [0.5, 0.6) is 5.88 Å². The van der Waals surface area contributed by atoms with Gasteiger partial charge in [-0.25, -0.2) is 4.98 Å². The van der Waals surface area contributed by atoms with Crippen LogP contribution < -0.4 is 4.74 Å². The van der Waals surface area contributed by atoms with Crippen LogP contribution in [0.1, 0.15) is 58.3 Å². The van der Waals surface area contributed by atoms with E-state index >= 15 is 0 Å². The van der Waals surface area contributed by atoms with Crippen LogP contribution in [-0.4, -0.2) is 16.5 Å². The maximum atomic E-state index is 10.5. The molecule has 0 radical (unpaired) electrons. The Balaban J connectivity index is 2.02. The third-order valence-electron chi connectivity index (χ3n) is 3.18. The summed E-state index contributed by atoms with van der Waals surface area (Å²) < 4.78 is 5.45. The number of unbranched alkanes of at least 4 members (excludes halogenated alkanes) is 7. The van der Waals surface area contributed by atoms with Crippen molar-refractivity contribution in [2.24, 2.45) is 0 Å². The normalized spacial score (nSPS) is 10.4. The summed E-state index contributed by atoms with van der Waals surface area (Å²) >= 11 is 0. The maximum absolute atomic E-state index is 10.5. The van der Waals surface area contributed by atoms with Crippen molar-refractivity contribution in [2.75, 3.05) is 6.61 Å². The van der Waals surface area contributed by atoms with Gasteiger partial charge >= 0.3 is 0 Å². The average Bonchev–Trinajstić information content (AvgIpc) is 2.46. The fourth-order valence-electron chi connectivity index (χ4n) is 1.98. The van der Waals surface area contributed by atoms with Crippen molar-refractivity contribution in [2.45, 2.75) is 58.3 Å². The standard InChI is InChI=1S/C15H24N2O3/c1-2-3-4-5-6-7-8-9-12-20-15-11-10-14(13-16-15)17(18)19/h10-11,13H,2-9,12H2,1H3. The van der Waals surface area contributed by atoms with E-state index in [9.17, 15) is 10.1 Å². The van der Waals surface area contributed by atoms with E-state index in [-0.39, 0.29) is 5.69 Å². The van der Waals surface area contributed by atoms with Crippen LogP contribution in [0.15, 0.2) is 18.3 Å². The van der Waals surface area contributed by atoms with Crippen LogP contribution in [-0.2, 0) is 0 Å². The smallest absolute Gasteiger partial charge is 0.287 e. The number of pyridine rings is 1. The molecule has 1 aromatic heterocycles. The summed E-state index contributed by atoms with van der Waals surface area (Å²) in [6.45, 7) is 2.85. The minimum absolute atomic E-state index is 0.00979. The van der Waals surface area contributed by atoms with Gasteiger partial charge in [0.2, 0.25) is 5.88 Å². The largest absolute Gasteiger partial charge is 0.478 e. The van der Waals surface area contributed by atoms with Crippen LogP contribution in [0.4, 0.5) is 5.69 Å². The van der Waals surface area contributed by atoms with E-state index in [2.05, 4.69) is 11.9 Å². The number of nitrogens with zero attached hydrogens (tertiary/aromatic N) is 2. The Kier molecular flexibility index (Phi) is 8.35. The Morgan fingerprint density at radius 1 is 1.10 bits per heavy atom. The molecule has 0 N–H and O–H groups in total. The van der Waals surface area contributed by atoms with Crippen molar-refractivity contribution in [1.29, 1.82) is 0 Å². The summed E-state index contributed by atoms with van der Waals surface area (Å²) in [4.78, 5) is 13.9. The molecule has 0 amide bonds. The summed E-state index contributed by atoms with van der Waals surface area (Å²) in [5, 5.41) is 10.5. The zero-order valence-electron chi connectivity index (χ0n) is 12.2. The van der Waals surface area contributed by atoms with Crippen LogP contribution in [0.3, 0.4) is 0 Å². The van der Waals surface area contributed by atoms with Crippen LogP contribution in [0.2, 0.25) is 0 Å². The van der Waals surface area contributed by atoms with Crippen molar-refractivity contribution in [3.63, 3.8) is 0 Å². The summed E-state index contributed by atoms with van der Waals surface area (Å²) in [6, 6.07) is 2.96. The van der Waals surface area contributed by atoms with E-state index in [0.29, 0.717) is 12.5 Å².